The summed E-state index contributed by atoms with van der Waals surface area (Å²) in [5.41, 5.74) is 0.510. The lowest BCUT2D eigenvalue weighted by molar-refractivity contribution is -0.152. The largest absolute Gasteiger partial charge is 0.478 e. The lowest BCUT2D eigenvalue weighted by atomic mass is 9.90. The number of carboxylic acids is 1. The number of piperidine rings is 1. The van der Waals surface area contributed by atoms with Crippen molar-refractivity contribution in [3.8, 4) is 5.75 Å². The van der Waals surface area contributed by atoms with Crippen LogP contribution in [0.2, 0.25) is 0 Å². The zero-order valence-corrected chi connectivity index (χ0v) is 16.7. The molecule has 1 aliphatic rings. The topological polar surface area (TPSA) is 66.8 Å². The average Bonchev–Trinajstić information content (AvgIpc) is 2.69. The van der Waals surface area contributed by atoms with Crippen LogP contribution in [0.3, 0.4) is 0 Å². The first kappa shape index (κ1) is 20.8. The molecule has 1 fully saturated rings. The first-order chi connectivity index (χ1) is 13.7. The number of carbonyl (C=O) groups excluding carboxylic acids is 1. The fraction of sp³-hybridized carbons (Fsp3) is 0.391. The number of hydrogen-bond donors (Lipinski definition) is 1. The monoisotopic (exact) mass is 399 g/mol. The summed E-state index contributed by atoms with van der Waals surface area (Å²) < 4.78 is 18.7. The van der Waals surface area contributed by atoms with E-state index in [2.05, 4.69) is 0 Å². The van der Waals surface area contributed by atoms with E-state index in [4.69, 9.17) is 4.74 Å². The smallest absolute Gasteiger partial charge is 0.347 e. The predicted molar refractivity (Wildman–Crippen MR) is 107 cm³/mol. The van der Waals surface area contributed by atoms with Crippen LogP contribution in [0.4, 0.5) is 4.39 Å². The Labute approximate surface area is 170 Å². The number of amides is 1. The number of nitrogens with zero attached hydrogens (tertiary/aromatic N) is 1. The molecule has 1 amide bonds. The highest BCUT2D eigenvalue weighted by molar-refractivity contribution is 5.79. The van der Waals surface area contributed by atoms with E-state index < -0.39 is 11.6 Å². The van der Waals surface area contributed by atoms with Crippen LogP contribution in [0.15, 0.2) is 48.5 Å². The van der Waals surface area contributed by atoms with Crippen molar-refractivity contribution in [2.75, 3.05) is 13.1 Å². The number of rotatable bonds is 6. The summed E-state index contributed by atoms with van der Waals surface area (Å²) in [6, 6.07) is 13.5. The molecule has 1 aliphatic heterocycles. The zero-order chi connectivity index (χ0) is 21.0. The third kappa shape index (κ3) is 5.34. The molecule has 0 saturated carbocycles. The molecule has 29 heavy (non-hydrogen) atoms. The molecular weight excluding hydrogens is 373 g/mol. The van der Waals surface area contributed by atoms with E-state index in [0.29, 0.717) is 18.8 Å². The number of likely N-dealkylation sites (tertiary alicyclic amines) is 1. The summed E-state index contributed by atoms with van der Waals surface area (Å²) in [5, 5.41) is 9.26. The number of carboxylic acid groups (broad SMARTS) is 1. The fourth-order valence-electron chi connectivity index (χ4n) is 3.53. The van der Waals surface area contributed by atoms with Crippen LogP contribution in [0, 0.1) is 5.82 Å². The summed E-state index contributed by atoms with van der Waals surface area (Å²) in [7, 11) is 0. The van der Waals surface area contributed by atoms with Gasteiger partial charge >= 0.3 is 5.97 Å². The lowest BCUT2D eigenvalue weighted by Crippen LogP contribution is -2.40. The summed E-state index contributed by atoms with van der Waals surface area (Å²) in [5.74, 6) is -0.645. The van der Waals surface area contributed by atoms with Gasteiger partial charge < -0.3 is 14.7 Å². The molecule has 1 N–H and O–H groups in total. The van der Waals surface area contributed by atoms with Crippen LogP contribution in [-0.2, 0) is 16.0 Å². The van der Waals surface area contributed by atoms with Crippen molar-refractivity contribution in [3.63, 3.8) is 0 Å². The minimum Gasteiger partial charge on any atom is -0.478 e. The van der Waals surface area contributed by atoms with Gasteiger partial charge in [-0.15, -0.1) is 0 Å². The minimum atomic E-state index is -1.32. The average molecular weight is 399 g/mol. The van der Waals surface area contributed by atoms with Gasteiger partial charge in [0.25, 0.3) is 0 Å². The van der Waals surface area contributed by atoms with E-state index in [1.165, 1.54) is 26.0 Å². The predicted octanol–water partition coefficient (Wildman–Crippen LogP) is 4.02. The van der Waals surface area contributed by atoms with E-state index in [-0.39, 0.29) is 24.1 Å². The van der Waals surface area contributed by atoms with Crippen LogP contribution >= 0.6 is 0 Å². The highest BCUT2D eigenvalue weighted by Crippen LogP contribution is 2.30. The maximum Gasteiger partial charge on any atom is 0.347 e. The van der Waals surface area contributed by atoms with E-state index in [9.17, 15) is 19.1 Å². The Morgan fingerprint density at radius 3 is 2.62 bits per heavy atom. The lowest BCUT2D eigenvalue weighted by Gasteiger charge is -2.33. The van der Waals surface area contributed by atoms with Crippen molar-refractivity contribution in [3.05, 3.63) is 65.5 Å². The third-order valence-electron chi connectivity index (χ3n) is 5.26. The molecule has 3 rings (SSSR count). The van der Waals surface area contributed by atoms with Crippen LogP contribution in [0.5, 0.6) is 5.75 Å². The normalized spacial score (nSPS) is 17.1. The van der Waals surface area contributed by atoms with Gasteiger partial charge in [0.15, 0.2) is 5.60 Å². The Hall–Kier alpha value is -2.89. The van der Waals surface area contributed by atoms with Crippen LogP contribution in [0.1, 0.15) is 43.7 Å². The van der Waals surface area contributed by atoms with Gasteiger partial charge in [0, 0.05) is 19.0 Å². The summed E-state index contributed by atoms with van der Waals surface area (Å²) >= 11 is 0. The third-order valence-corrected chi connectivity index (χ3v) is 5.26. The maximum absolute atomic E-state index is 13.1. The molecule has 5 nitrogen and oxygen atoms in total. The number of halogens is 1. The summed E-state index contributed by atoms with van der Waals surface area (Å²) in [4.78, 5) is 25.9. The Kier molecular flexibility index (Phi) is 6.20. The molecule has 0 bridgehead atoms. The van der Waals surface area contributed by atoms with E-state index in [1.807, 2.05) is 23.1 Å². The summed E-state index contributed by atoms with van der Waals surface area (Å²) in [6.07, 6.45) is 2.10. The Morgan fingerprint density at radius 1 is 1.21 bits per heavy atom. The van der Waals surface area contributed by atoms with E-state index >= 15 is 0 Å². The maximum atomic E-state index is 13.1. The SMILES string of the molecule is CC(C)(Oc1cccc(C2CCCN(C(=O)Cc3ccc(F)cc3)C2)c1)C(=O)O. The van der Waals surface area contributed by atoms with Crippen molar-refractivity contribution in [1.29, 1.82) is 0 Å². The van der Waals surface area contributed by atoms with Gasteiger partial charge in [-0.2, -0.15) is 0 Å². The van der Waals surface area contributed by atoms with Crippen molar-refractivity contribution in [2.24, 2.45) is 0 Å². The van der Waals surface area contributed by atoms with Crippen LogP contribution in [0.25, 0.3) is 0 Å². The van der Waals surface area contributed by atoms with Gasteiger partial charge in [0.05, 0.1) is 6.42 Å². The molecule has 1 saturated heterocycles. The number of hydrogen-bond acceptors (Lipinski definition) is 3. The van der Waals surface area contributed by atoms with Crippen molar-refractivity contribution >= 4 is 11.9 Å². The minimum absolute atomic E-state index is 0.0284. The van der Waals surface area contributed by atoms with Gasteiger partial charge in [-0.05, 0) is 62.1 Å². The number of aliphatic carboxylic acids is 1. The fourth-order valence-corrected chi connectivity index (χ4v) is 3.53. The highest BCUT2D eigenvalue weighted by Gasteiger charge is 2.30. The molecular formula is C23H26FNO4. The molecule has 6 heteroatoms. The zero-order valence-electron chi connectivity index (χ0n) is 16.7. The Morgan fingerprint density at radius 2 is 1.93 bits per heavy atom. The second-order valence-electron chi connectivity index (χ2n) is 7.97. The van der Waals surface area contributed by atoms with Gasteiger partial charge in [-0.1, -0.05) is 24.3 Å². The first-order valence-corrected chi connectivity index (χ1v) is 9.79. The second kappa shape index (κ2) is 8.64. The van der Waals surface area contributed by atoms with E-state index in [1.54, 1.807) is 18.2 Å². The number of benzene rings is 2. The molecule has 2 aromatic carbocycles. The molecule has 1 atom stereocenters. The molecule has 0 spiro atoms. The molecule has 1 unspecified atom stereocenters. The Bertz CT molecular complexity index is 879. The molecule has 154 valence electrons. The second-order valence-corrected chi connectivity index (χ2v) is 7.97. The van der Waals surface area contributed by atoms with Crippen molar-refractivity contribution in [2.45, 2.75) is 44.6 Å². The summed E-state index contributed by atoms with van der Waals surface area (Å²) in [6.45, 7) is 4.33. The highest BCUT2D eigenvalue weighted by atomic mass is 19.1. The Balaban J connectivity index is 1.67. The molecule has 0 aliphatic carbocycles. The van der Waals surface area contributed by atoms with Gasteiger partial charge in [0.1, 0.15) is 11.6 Å². The molecule has 0 aromatic heterocycles. The van der Waals surface area contributed by atoms with Gasteiger partial charge in [-0.25, -0.2) is 9.18 Å². The number of ether oxygens (including phenoxy) is 1. The van der Waals surface area contributed by atoms with Crippen molar-refractivity contribution < 1.29 is 23.8 Å². The molecule has 0 radical (unpaired) electrons. The van der Waals surface area contributed by atoms with Crippen LogP contribution in [-0.4, -0.2) is 40.6 Å². The van der Waals surface area contributed by atoms with E-state index in [0.717, 1.165) is 24.0 Å². The van der Waals surface area contributed by atoms with Crippen molar-refractivity contribution in [1.82, 2.24) is 4.90 Å². The molecule has 1 heterocycles. The molecule has 2 aromatic rings. The number of carbonyl (C=O) groups is 2. The first-order valence-electron chi connectivity index (χ1n) is 9.79. The van der Waals surface area contributed by atoms with Crippen LogP contribution < -0.4 is 4.74 Å². The quantitative estimate of drug-likeness (QED) is 0.797. The van der Waals surface area contributed by atoms with Gasteiger partial charge in [0.2, 0.25) is 5.91 Å². The standard InChI is InChI=1S/C23H26FNO4/c1-23(2,22(27)28)29-20-7-3-5-17(14-20)18-6-4-12-25(15-18)21(26)13-16-8-10-19(24)11-9-16/h3,5,7-11,14,18H,4,6,12-13,15H2,1-2H3,(H,27,28). The van der Waals surface area contributed by atoms with Gasteiger partial charge in [-0.3, -0.25) is 4.79 Å².